The van der Waals surface area contributed by atoms with Crippen molar-refractivity contribution in [2.75, 3.05) is 0 Å². The van der Waals surface area contributed by atoms with Crippen LogP contribution in [0.2, 0.25) is 0 Å². The first-order valence-electron chi connectivity index (χ1n) is 11.1. The topological polar surface area (TPSA) is 157 Å². The van der Waals surface area contributed by atoms with Gasteiger partial charge in [-0.1, -0.05) is 0 Å². The molecule has 2 aliphatic rings. The van der Waals surface area contributed by atoms with Gasteiger partial charge in [0, 0.05) is 18.0 Å². The SMILES string of the molecule is CC(C)(C)OC(=O)N[C@@H]1CC[C@@H](C(=O)O)C1.CC(C)(C)OC(=O)N[C@@H]1CC[C@@H](C(N)=O)C1. The van der Waals surface area contributed by atoms with E-state index >= 15 is 0 Å². The van der Waals surface area contributed by atoms with Crippen LogP contribution in [0.5, 0.6) is 0 Å². The number of carboxylic acid groups (broad SMARTS) is 1. The maximum atomic E-state index is 11.4. The largest absolute Gasteiger partial charge is 0.481 e. The second-order valence-corrected chi connectivity index (χ2v) is 10.4. The Hall–Kier alpha value is -2.52. The van der Waals surface area contributed by atoms with Crippen molar-refractivity contribution in [2.24, 2.45) is 17.6 Å². The highest BCUT2D eigenvalue weighted by Crippen LogP contribution is 2.26. The summed E-state index contributed by atoms with van der Waals surface area (Å²) in [6.45, 7) is 10.8. The lowest BCUT2D eigenvalue weighted by molar-refractivity contribution is -0.141. The number of carbonyl (C=O) groups excluding carboxylic acids is 3. The standard InChI is InChI=1S/C11H20N2O3.C11H19NO4/c1-11(2,3)16-10(15)13-8-5-4-7(6-8)9(12)14;1-11(2,3)16-10(15)12-8-5-4-7(6-8)9(13)14/h7-8H,4-6H2,1-3H3,(H2,12,14)(H,13,15);7-8H,4-6H2,1-3H3,(H,12,15)(H,13,14)/t2*7-,8-/m11/s1. The summed E-state index contributed by atoms with van der Waals surface area (Å²) >= 11 is 0. The van der Waals surface area contributed by atoms with Crippen molar-refractivity contribution in [1.82, 2.24) is 10.6 Å². The van der Waals surface area contributed by atoms with Gasteiger partial charge in [-0.15, -0.1) is 0 Å². The minimum absolute atomic E-state index is 0.00681. The van der Waals surface area contributed by atoms with Crippen molar-refractivity contribution in [3.63, 3.8) is 0 Å². The molecular weight excluding hydrogens is 418 g/mol. The van der Waals surface area contributed by atoms with Crippen molar-refractivity contribution in [1.29, 1.82) is 0 Å². The Kier molecular flexibility index (Phi) is 9.78. The number of hydrogen-bond donors (Lipinski definition) is 4. The molecule has 32 heavy (non-hydrogen) atoms. The zero-order valence-corrected chi connectivity index (χ0v) is 20.0. The van der Waals surface area contributed by atoms with Crippen LogP contribution in [0.15, 0.2) is 0 Å². The van der Waals surface area contributed by atoms with Crippen molar-refractivity contribution in [3.8, 4) is 0 Å². The molecule has 2 aliphatic carbocycles. The number of aliphatic carboxylic acids is 1. The molecule has 0 aliphatic heterocycles. The molecule has 0 radical (unpaired) electrons. The zero-order chi connectivity index (χ0) is 24.7. The maximum Gasteiger partial charge on any atom is 0.407 e. The first kappa shape index (κ1) is 27.5. The molecule has 0 bridgehead atoms. The third-order valence-corrected chi connectivity index (χ3v) is 5.06. The van der Waals surface area contributed by atoms with Crippen LogP contribution in [0.25, 0.3) is 0 Å². The van der Waals surface area contributed by atoms with Gasteiger partial charge in [-0.05, 0) is 80.1 Å². The van der Waals surface area contributed by atoms with Gasteiger partial charge in [0.15, 0.2) is 0 Å². The van der Waals surface area contributed by atoms with E-state index in [9.17, 15) is 19.2 Å². The van der Waals surface area contributed by atoms with Crippen LogP contribution >= 0.6 is 0 Å². The molecule has 4 atom stereocenters. The molecule has 0 heterocycles. The summed E-state index contributed by atoms with van der Waals surface area (Å²) in [6, 6.07) is -0.0664. The Morgan fingerprint density at radius 1 is 0.750 bits per heavy atom. The summed E-state index contributed by atoms with van der Waals surface area (Å²) < 4.78 is 10.2. The van der Waals surface area contributed by atoms with Crippen molar-refractivity contribution >= 4 is 24.1 Å². The monoisotopic (exact) mass is 457 g/mol. The molecule has 184 valence electrons. The first-order valence-corrected chi connectivity index (χ1v) is 11.1. The van der Waals surface area contributed by atoms with E-state index in [4.69, 9.17) is 20.3 Å². The predicted octanol–water partition coefficient (Wildman–Crippen LogP) is 2.93. The average molecular weight is 458 g/mol. The molecule has 0 saturated heterocycles. The fourth-order valence-corrected chi connectivity index (χ4v) is 3.66. The molecule has 2 saturated carbocycles. The average Bonchev–Trinajstić information content (AvgIpc) is 3.21. The van der Waals surface area contributed by atoms with Gasteiger partial charge in [0.25, 0.3) is 0 Å². The number of rotatable bonds is 4. The van der Waals surface area contributed by atoms with Crippen LogP contribution in [-0.4, -0.2) is 52.5 Å². The highest BCUT2D eigenvalue weighted by Gasteiger charge is 2.32. The van der Waals surface area contributed by atoms with Crippen molar-refractivity contribution < 1.29 is 33.8 Å². The summed E-state index contributed by atoms with van der Waals surface area (Å²) in [5.41, 5.74) is 4.20. The van der Waals surface area contributed by atoms with Crippen molar-refractivity contribution in [2.45, 2.75) is 103 Å². The van der Waals surface area contributed by atoms with Gasteiger partial charge in [0.1, 0.15) is 11.2 Å². The van der Waals surface area contributed by atoms with Crippen LogP contribution in [-0.2, 0) is 19.1 Å². The molecule has 0 unspecified atom stereocenters. The normalized spacial score (nSPS) is 25.2. The van der Waals surface area contributed by atoms with Gasteiger partial charge in [-0.25, -0.2) is 9.59 Å². The number of ether oxygens (including phenoxy) is 2. The molecule has 10 heteroatoms. The van der Waals surface area contributed by atoms with Gasteiger partial charge in [0.05, 0.1) is 5.92 Å². The Balaban J connectivity index is 0.000000320. The molecule has 0 aromatic rings. The number of primary amides is 1. The van der Waals surface area contributed by atoms with E-state index in [1.165, 1.54) is 0 Å². The second kappa shape index (κ2) is 11.4. The Labute approximate surface area is 190 Å². The van der Waals surface area contributed by atoms with Gasteiger partial charge in [0.2, 0.25) is 5.91 Å². The smallest absolute Gasteiger partial charge is 0.407 e. The van der Waals surface area contributed by atoms with E-state index in [0.29, 0.717) is 25.7 Å². The summed E-state index contributed by atoms with van der Waals surface area (Å²) in [5.74, 6) is -1.51. The van der Waals surface area contributed by atoms with Crippen LogP contribution in [0.3, 0.4) is 0 Å². The number of carboxylic acids is 1. The summed E-state index contributed by atoms with van der Waals surface area (Å²) in [6.07, 6.45) is 3.07. The summed E-state index contributed by atoms with van der Waals surface area (Å²) in [4.78, 5) is 44.5. The third kappa shape index (κ3) is 11.2. The van der Waals surface area contributed by atoms with Crippen LogP contribution in [0, 0.1) is 11.8 Å². The van der Waals surface area contributed by atoms with Gasteiger partial charge in [-0.2, -0.15) is 0 Å². The number of nitrogens with one attached hydrogen (secondary N) is 2. The molecule has 3 amide bonds. The van der Waals surface area contributed by atoms with E-state index in [1.54, 1.807) is 20.8 Å². The fourth-order valence-electron chi connectivity index (χ4n) is 3.66. The molecule has 0 aromatic heterocycles. The summed E-state index contributed by atoms with van der Waals surface area (Å²) in [7, 11) is 0. The lowest BCUT2D eigenvalue weighted by Crippen LogP contribution is -2.38. The molecule has 2 rings (SSSR count). The highest BCUT2D eigenvalue weighted by molar-refractivity contribution is 5.77. The minimum atomic E-state index is -0.784. The maximum absolute atomic E-state index is 11.4. The van der Waals surface area contributed by atoms with E-state index in [2.05, 4.69) is 10.6 Å². The second-order valence-electron chi connectivity index (χ2n) is 10.4. The predicted molar refractivity (Wildman–Crippen MR) is 118 cm³/mol. The molecule has 0 spiro atoms. The van der Waals surface area contributed by atoms with Crippen LogP contribution < -0.4 is 16.4 Å². The molecule has 0 aromatic carbocycles. The van der Waals surface area contributed by atoms with E-state index in [-0.39, 0.29) is 29.8 Å². The number of amides is 3. The van der Waals surface area contributed by atoms with E-state index in [1.807, 2.05) is 20.8 Å². The number of alkyl carbamates (subject to hydrolysis) is 2. The van der Waals surface area contributed by atoms with Gasteiger partial charge >= 0.3 is 18.2 Å². The van der Waals surface area contributed by atoms with Crippen LogP contribution in [0.4, 0.5) is 9.59 Å². The Bertz CT molecular complexity index is 624. The summed E-state index contributed by atoms with van der Waals surface area (Å²) in [5, 5.41) is 14.3. The highest BCUT2D eigenvalue weighted by atomic mass is 16.6. The number of nitrogens with two attached hydrogens (primary N) is 1. The Morgan fingerprint density at radius 2 is 1.12 bits per heavy atom. The third-order valence-electron chi connectivity index (χ3n) is 5.06. The van der Waals surface area contributed by atoms with Gasteiger partial charge in [-0.3, -0.25) is 9.59 Å². The van der Waals surface area contributed by atoms with Crippen molar-refractivity contribution in [3.05, 3.63) is 0 Å². The lowest BCUT2D eigenvalue weighted by atomic mass is 10.1. The van der Waals surface area contributed by atoms with Gasteiger partial charge < -0.3 is 30.9 Å². The molecule has 2 fully saturated rings. The first-order chi connectivity index (χ1) is 14.6. The molecular formula is C22H39N3O7. The molecule has 10 nitrogen and oxygen atoms in total. The lowest BCUT2D eigenvalue weighted by Gasteiger charge is -2.21. The minimum Gasteiger partial charge on any atom is -0.481 e. The van der Waals surface area contributed by atoms with E-state index in [0.717, 1.165) is 12.8 Å². The van der Waals surface area contributed by atoms with E-state index < -0.39 is 29.4 Å². The molecule has 5 N–H and O–H groups in total. The zero-order valence-electron chi connectivity index (χ0n) is 20.0. The number of carbonyl (C=O) groups is 4. The fraction of sp³-hybridized carbons (Fsp3) is 0.818. The quantitative estimate of drug-likeness (QED) is 0.505. The van der Waals surface area contributed by atoms with Crippen LogP contribution in [0.1, 0.15) is 80.1 Å². The number of hydrogen-bond acceptors (Lipinski definition) is 6. The Morgan fingerprint density at radius 3 is 1.41 bits per heavy atom.